The molecular formula is C17H18N2O3S. The molecule has 1 atom stereocenters. The van der Waals surface area contributed by atoms with Crippen molar-refractivity contribution in [3.05, 3.63) is 46.7 Å². The van der Waals surface area contributed by atoms with Crippen molar-refractivity contribution in [3.63, 3.8) is 0 Å². The van der Waals surface area contributed by atoms with Gasteiger partial charge in [0.25, 0.3) is 5.91 Å². The first-order valence-electron chi connectivity index (χ1n) is 7.48. The molecule has 1 fully saturated rings. The largest absolute Gasteiger partial charge is 0.497 e. The Kier molecular flexibility index (Phi) is 4.62. The highest BCUT2D eigenvalue weighted by atomic mass is 32.1. The first-order valence-corrected chi connectivity index (χ1v) is 8.36. The van der Waals surface area contributed by atoms with Gasteiger partial charge in [-0.1, -0.05) is 12.1 Å². The van der Waals surface area contributed by atoms with E-state index in [1.54, 1.807) is 30.2 Å². The number of methoxy groups -OCH3 is 1. The van der Waals surface area contributed by atoms with Crippen LogP contribution in [0.15, 0.2) is 41.8 Å². The number of thiophene rings is 1. The van der Waals surface area contributed by atoms with Gasteiger partial charge in [-0.25, -0.2) is 0 Å². The molecule has 23 heavy (non-hydrogen) atoms. The highest BCUT2D eigenvalue weighted by Gasteiger charge is 2.34. The van der Waals surface area contributed by atoms with Crippen LogP contribution in [0.5, 0.6) is 5.75 Å². The first-order chi connectivity index (χ1) is 11.2. The van der Waals surface area contributed by atoms with Gasteiger partial charge in [0.2, 0.25) is 5.91 Å². The van der Waals surface area contributed by atoms with Crippen molar-refractivity contribution in [3.8, 4) is 5.75 Å². The number of rotatable bonds is 4. The molecule has 0 aliphatic carbocycles. The van der Waals surface area contributed by atoms with E-state index in [0.717, 1.165) is 6.42 Å². The lowest BCUT2D eigenvalue weighted by Crippen LogP contribution is -2.42. The molecule has 1 unspecified atom stereocenters. The van der Waals surface area contributed by atoms with Crippen LogP contribution in [0.25, 0.3) is 0 Å². The van der Waals surface area contributed by atoms with Crippen LogP contribution >= 0.6 is 11.3 Å². The molecular weight excluding hydrogens is 312 g/mol. The zero-order valence-corrected chi connectivity index (χ0v) is 13.6. The van der Waals surface area contributed by atoms with Crippen LogP contribution in [-0.4, -0.2) is 36.4 Å². The van der Waals surface area contributed by atoms with Crippen molar-refractivity contribution in [2.24, 2.45) is 0 Å². The monoisotopic (exact) mass is 330 g/mol. The van der Waals surface area contributed by atoms with Crippen molar-refractivity contribution >= 4 is 28.8 Å². The summed E-state index contributed by atoms with van der Waals surface area (Å²) in [6, 6.07) is 10.4. The summed E-state index contributed by atoms with van der Waals surface area (Å²) in [5.41, 5.74) is 0.671. The molecule has 1 aromatic carbocycles. The van der Waals surface area contributed by atoms with Gasteiger partial charge in [-0.05, 0) is 36.4 Å². The second-order valence-corrected chi connectivity index (χ2v) is 6.30. The van der Waals surface area contributed by atoms with E-state index in [1.165, 1.54) is 11.3 Å². The number of hydrogen-bond donors (Lipinski definition) is 1. The van der Waals surface area contributed by atoms with Gasteiger partial charge in [-0.2, -0.15) is 0 Å². The summed E-state index contributed by atoms with van der Waals surface area (Å²) < 4.78 is 5.16. The molecule has 0 saturated carbocycles. The lowest BCUT2D eigenvalue weighted by molar-refractivity contribution is -0.119. The SMILES string of the molecule is COc1cccc(NC(=O)C2CCCN2C(=O)c2cccs2)c1. The highest BCUT2D eigenvalue weighted by molar-refractivity contribution is 7.12. The van der Waals surface area contributed by atoms with Crippen LogP contribution in [-0.2, 0) is 4.79 Å². The fraction of sp³-hybridized carbons (Fsp3) is 0.294. The number of nitrogens with one attached hydrogen (secondary N) is 1. The summed E-state index contributed by atoms with van der Waals surface area (Å²) in [5.74, 6) is 0.463. The van der Waals surface area contributed by atoms with Gasteiger partial charge in [-0.3, -0.25) is 9.59 Å². The molecule has 6 heteroatoms. The van der Waals surface area contributed by atoms with Crippen molar-refractivity contribution in [1.82, 2.24) is 4.90 Å². The number of likely N-dealkylation sites (tertiary alicyclic amines) is 1. The third-order valence-electron chi connectivity index (χ3n) is 3.89. The summed E-state index contributed by atoms with van der Waals surface area (Å²) in [6.45, 7) is 0.618. The number of nitrogens with zero attached hydrogens (tertiary/aromatic N) is 1. The van der Waals surface area contributed by atoms with E-state index in [2.05, 4.69) is 5.32 Å². The molecule has 120 valence electrons. The van der Waals surface area contributed by atoms with Gasteiger partial charge >= 0.3 is 0 Å². The molecule has 2 aromatic rings. The maximum Gasteiger partial charge on any atom is 0.264 e. The number of carbonyl (C=O) groups is 2. The number of carbonyl (C=O) groups excluding carboxylic acids is 2. The second-order valence-electron chi connectivity index (χ2n) is 5.36. The van der Waals surface area contributed by atoms with Crippen molar-refractivity contribution < 1.29 is 14.3 Å². The molecule has 0 bridgehead atoms. The van der Waals surface area contributed by atoms with Gasteiger partial charge in [0.1, 0.15) is 11.8 Å². The van der Waals surface area contributed by atoms with Crippen molar-refractivity contribution in [2.45, 2.75) is 18.9 Å². The van der Waals surface area contributed by atoms with Gasteiger partial charge in [0.05, 0.1) is 12.0 Å². The average molecular weight is 330 g/mol. The number of ether oxygens (including phenoxy) is 1. The topological polar surface area (TPSA) is 58.6 Å². The Bertz CT molecular complexity index is 700. The molecule has 0 radical (unpaired) electrons. The number of amides is 2. The maximum atomic E-state index is 12.6. The summed E-state index contributed by atoms with van der Waals surface area (Å²) in [5, 5.41) is 4.75. The van der Waals surface area contributed by atoms with E-state index in [-0.39, 0.29) is 11.8 Å². The zero-order valence-electron chi connectivity index (χ0n) is 12.8. The normalized spacial score (nSPS) is 17.1. The standard InChI is InChI=1S/C17H18N2O3S/c1-22-13-6-2-5-12(11-13)18-16(20)14-7-3-9-19(14)17(21)15-8-4-10-23-15/h2,4-6,8,10-11,14H,3,7,9H2,1H3,(H,18,20). The van der Waals surface area contributed by atoms with Crippen LogP contribution < -0.4 is 10.1 Å². The number of anilines is 1. The zero-order chi connectivity index (χ0) is 16.2. The quantitative estimate of drug-likeness (QED) is 0.937. The minimum atomic E-state index is -0.421. The van der Waals surface area contributed by atoms with Crippen molar-refractivity contribution in [2.75, 3.05) is 19.0 Å². The van der Waals surface area contributed by atoms with E-state index in [4.69, 9.17) is 4.74 Å². The minimum absolute atomic E-state index is 0.0664. The van der Waals surface area contributed by atoms with Crippen LogP contribution in [0, 0.1) is 0 Å². The Hall–Kier alpha value is -2.34. The lowest BCUT2D eigenvalue weighted by Gasteiger charge is -2.23. The van der Waals surface area contributed by atoms with E-state index in [0.29, 0.717) is 29.3 Å². The second kappa shape index (κ2) is 6.83. The molecule has 3 rings (SSSR count). The Morgan fingerprint density at radius 2 is 2.17 bits per heavy atom. The lowest BCUT2D eigenvalue weighted by atomic mass is 10.2. The van der Waals surface area contributed by atoms with Crippen LogP contribution in [0.4, 0.5) is 5.69 Å². The molecule has 1 aliphatic heterocycles. The number of hydrogen-bond acceptors (Lipinski definition) is 4. The van der Waals surface area contributed by atoms with Crippen LogP contribution in [0.2, 0.25) is 0 Å². The smallest absolute Gasteiger partial charge is 0.264 e. The van der Waals surface area contributed by atoms with Gasteiger partial charge < -0.3 is 15.0 Å². The fourth-order valence-electron chi connectivity index (χ4n) is 2.75. The Labute approximate surface area is 138 Å². The van der Waals surface area contributed by atoms with E-state index < -0.39 is 6.04 Å². The summed E-state index contributed by atoms with van der Waals surface area (Å²) in [7, 11) is 1.58. The van der Waals surface area contributed by atoms with Crippen molar-refractivity contribution in [1.29, 1.82) is 0 Å². The summed E-state index contributed by atoms with van der Waals surface area (Å²) in [6.07, 6.45) is 1.53. The molecule has 2 heterocycles. The number of benzene rings is 1. The van der Waals surface area contributed by atoms with Crippen LogP contribution in [0.3, 0.4) is 0 Å². The van der Waals surface area contributed by atoms with Gasteiger partial charge in [0.15, 0.2) is 0 Å². The third-order valence-corrected chi connectivity index (χ3v) is 4.74. The predicted molar refractivity (Wildman–Crippen MR) is 90.0 cm³/mol. The van der Waals surface area contributed by atoms with Gasteiger partial charge in [0, 0.05) is 18.3 Å². The molecule has 5 nitrogen and oxygen atoms in total. The molecule has 2 amide bonds. The first kappa shape index (κ1) is 15.6. The molecule has 1 saturated heterocycles. The molecule has 1 N–H and O–H groups in total. The maximum absolute atomic E-state index is 12.6. The third kappa shape index (κ3) is 3.37. The Balaban J connectivity index is 1.71. The summed E-state index contributed by atoms with van der Waals surface area (Å²) in [4.78, 5) is 27.4. The summed E-state index contributed by atoms with van der Waals surface area (Å²) >= 11 is 1.40. The molecule has 0 spiro atoms. The minimum Gasteiger partial charge on any atom is -0.497 e. The average Bonchev–Trinajstić information content (AvgIpc) is 3.25. The van der Waals surface area contributed by atoms with E-state index >= 15 is 0 Å². The Morgan fingerprint density at radius 3 is 2.91 bits per heavy atom. The Morgan fingerprint density at radius 1 is 1.30 bits per heavy atom. The molecule has 1 aliphatic rings. The predicted octanol–water partition coefficient (Wildman–Crippen LogP) is 3.00. The highest BCUT2D eigenvalue weighted by Crippen LogP contribution is 2.24. The fourth-order valence-corrected chi connectivity index (χ4v) is 3.43. The van der Waals surface area contributed by atoms with E-state index in [9.17, 15) is 9.59 Å². The van der Waals surface area contributed by atoms with Gasteiger partial charge in [-0.15, -0.1) is 11.3 Å². The van der Waals surface area contributed by atoms with E-state index in [1.807, 2.05) is 23.6 Å². The molecule has 1 aromatic heterocycles. The van der Waals surface area contributed by atoms with Crippen LogP contribution in [0.1, 0.15) is 22.5 Å².